The van der Waals surface area contributed by atoms with E-state index >= 15 is 0 Å². The third kappa shape index (κ3) is 3.59. The van der Waals surface area contributed by atoms with E-state index in [2.05, 4.69) is 15.3 Å². The van der Waals surface area contributed by atoms with Crippen LogP contribution < -0.4 is 11.1 Å². The van der Waals surface area contributed by atoms with Crippen molar-refractivity contribution in [3.8, 4) is 0 Å². The van der Waals surface area contributed by atoms with E-state index in [0.717, 1.165) is 23.0 Å². The van der Waals surface area contributed by atoms with Gasteiger partial charge in [-0.1, -0.05) is 24.6 Å². The highest BCUT2D eigenvalue weighted by Crippen LogP contribution is 2.24. The highest BCUT2D eigenvalue weighted by atomic mass is 32.2. The summed E-state index contributed by atoms with van der Waals surface area (Å²) in [7, 11) is 0. The third-order valence-electron chi connectivity index (χ3n) is 3.26. The van der Waals surface area contributed by atoms with Gasteiger partial charge in [0.05, 0.1) is 0 Å². The van der Waals surface area contributed by atoms with Crippen LogP contribution in [0.5, 0.6) is 0 Å². The Bertz CT molecular complexity index is 389. The highest BCUT2D eigenvalue weighted by molar-refractivity contribution is 7.98. The van der Waals surface area contributed by atoms with Crippen molar-refractivity contribution in [1.29, 1.82) is 0 Å². The van der Waals surface area contributed by atoms with Crippen LogP contribution >= 0.6 is 11.8 Å². The van der Waals surface area contributed by atoms with Crippen LogP contribution in [0.1, 0.15) is 38.2 Å². The monoisotopic (exact) mass is 266 g/mol. The second-order valence-corrected chi connectivity index (χ2v) is 5.81. The highest BCUT2D eigenvalue weighted by Gasteiger charge is 2.17. The van der Waals surface area contributed by atoms with Gasteiger partial charge in [-0.05, 0) is 32.4 Å². The van der Waals surface area contributed by atoms with Crippen LogP contribution in [-0.2, 0) is 6.42 Å². The van der Waals surface area contributed by atoms with Crippen LogP contribution in [-0.4, -0.2) is 28.3 Å². The zero-order valence-corrected chi connectivity index (χ0v) is 12.0. The lowest BCUT2D eigenvalue weighted by atomic mass is 10.1. The van der Waals surface area contributed by atoms with Crippen LogP contribution in [0.15, 0.2) is 11.4 Å². The Balaban J connectivity index is 2.16. The Hall–Kier alpha value is -0.810. The first-order valence-corrected chi connectivity index (χ1v) is 7.83. The maximum absolute atomic E-state index is 5.88. The maximum atomic E-state index is 5.88. The molecule has 1 aliphatic carbocycles. The fourth-order valence-electron chi connectivity index (χ4n) is 2.37. The van der Waals surface area contributed by atoms with Gasteiger partial charge < -0.3 is 11.1 Å². The van der Waals surface area contributed by atoms with E-state index in [1.807, 2.05) is 19.4 Å². The Morgan fingerprint density at radius 2 is 2.22 bits per heavy atom. The first-order chi connectivity index (χ1) is 8.69. The number of thioether (sulfide) groups is 1. The lowest BCUT2D eigenvalue weighted by molar-refractivity contribution is 0.711. The van der Waals surface area contributed by atoms with Gasteiger partial charge in [0.25, 0.3) is 0 Å². The Morgan fingerprint density at radius 1 is 1.50 bits per heavy atom. The van der Waals surface area contributed by atoms with Crippen LogP contribution in [0.2, 0.25) is 0 Å². The lowest BCUT2D eigenvalue weighted by Crippen LogP contribution is -2.22. The second kappa shape index (κ2) is 6.38. The van der Waals surface area contributed by atoms with Crippen LogP contribution in [0.3, 0.4) is 0 Å². The average Bonchev–Trinajstić information content (AvgIpc) is 2.83. The number of anilines is 1. The van der Waals surface area contributed by atoms with Crippen molar-refractivity contribution >= 4 is 17.6 Å². The molecule has 1 saturated carbocycles. The van der Waals surface area contributed by atoms with Crippen molar-refractivity contribution in [3.05, 3.63) is 11.8 Å². The summed E-state index contributed by atoms with van der Waals surface area (Å²) in [5.41, 5.74) is 7.02. The molecule has 1 aromatic rings. The van der Waals surface area contributed by atoms with Gasteiger partial charge in [0.2, 0.25) is 0 Å². The Labute approximate surface area is 113 Å². The van der Waals surface area contributed by atoms with Gasteiger partial charge in [-0.15, -0.1) is 0 Å². The molecular formula is C13H22N4S. The molecule has 0 spiro atoms. The largest absolute Gasteiger partial charge is 0.367 e. The molecule has 1 unspecified atom stereocenters. The number of nitrogens with one attached hydrogen (secondary N) is 1. The first-order valence-electron chi connectivity index (χ1n) is 6.61. The number of aromatic nitrogens is 2. The van der Waals surface area contributed by atoms with Crippen LogP contribution in [0.4, 0.5) is 5.82 Å². The molecule has 0 amide bonds. The molecule has 1 aliphatic rings. The molecule has 1 heterocycles. The van der Waals surface area contributed by atoms with Gasteiger partial charge in [-0.2, -0.15) is 0 Å². The van der Waals surface area contributed by atoms with Crippen molar-refractivity contribution in [2.75, 3.05) is 11.6 Å². The Morgan fingerprint density at radius 3 is 2.83 bits per heavy atom. The zero-order chi connectivity index (χ0) is 13.0. The van der Waals surface area contributed by atoms with E-state index in [4.69, 9.17) is 5.73 Å². The molecule has 3 N–H and O–H groups in total. The molecule has 100 valence electrons. The molecule has 18 heavy (non-hydrogen) atoms. The summed E-state index contributed by atoms with van der Waals surface area (Å²) in [6.45, 7) is 2.02. The minimum Gasteiger partial charge on any atom is -0.367 e. The predicted molar refractivity (Wildman–Crippen MR) is 77.0 cm³/mol. The van der Waals surface area contributed by atoms with Crippen LogP contribution in [0.25, 0.3) is 0 Å². The number of rotatable bonds is 5. The number of nitrogens with two attached hydrogens (primary N) is 1. The molecule has 0 aromatic carbocycles. The van der Waals surface area contributed by atoms with Gasteiger partial charge in [0.1, 0.15) is 5.82 Å². The molecule has 4 nitrogen and oxygen atoms in total. The minimum atomic E-state index is 0.137. The van der Waals surface area contributed by atoms with Gasteiger partial charge in [-0.3, -0.25) is 0 Å². The van der Waals surface area contributed by atoms with Crippen molar-refractivity contribution < 1.29 is 0 Å². The van der Waals surface area contributed by atoms with E-state index in [1.54, 1.807) is 11.8 Å². The lowest BCUT2D eigenvalue weighted by Gasteiger charge is -2.17. The van der Waals surface area contributed by atoms with Gasteiger partial charge in [-0.25, -0.2) is 9.97 Å². The zero-order valence-electron chi connectivity index (χ0n) is 11.1. The molecule has 1 atom stereocenters. The minimum absolute atomic E-state index is 0.137. The molecule has 1 fully saturated rings. The molecule has 5 heteroatoms. The summed E-state index contributed by atoms with van der Waals surface area (Å²) >= 11 is 1.57. The second-order valence-electron chi connectivity index (χ2n) is 5.04. The van der Waals surface area contributed by atoms with E-state index < -0.39 is 0 Å². The molecule has 0 radical (unpaired) electrons. The first kappa shape index (κ1) is 13.6. The molecule has 0 aliphatic heterocycles. The van der Waals surface area contributed by atoms with Crippen molar-refractivity contribution in [3.63, 3.8) is 0 Å². The van der Waals surface area contributed by atoms with E-state index in [1.165, 1.54) is 25.7 Å². The number of nitrogens with zero attached hydrogens (tertiary/aromatic N) is 2. The molecule has 0 bridgehead atoms. The number of hydrogen-bond acceptors (Lipinski definition) is 5. The molecule has 1 aromatic heterocycles. The average molecular weight is 266 g/mol. The summed E-state index contributed by atoms with van der Waals surface area (Å²) in [5, 5.41) is 4.39. The SMILES string of the molecule is CSc1ncc(CC(C)N)c(NC2CCCC2)n1. The normalized spacial score (nSPS) is 17.9. The number of hydrogen-bond donors (Lipinski definition) is 2. The summed E-state index contributed by atoms with van der Waals surface area (Å²) in [4.78, 5) is 8.93. The topological polar surface area (TPSA) is 63.8 Å². The fourth-order valence-corrected chi connectivity index (χ4v) is 2.71. The predicted octanol–water partition coefficient (Wildman–Crippen LogP) is 2.44. The maximum Gasteiger partial charge on any atom is 0.189 e. The van der Waals surface area contributed by atoms with E-state index in [9.17, 15) is 0 Å². The fraction of sp³-hybridized carbons (Fsp3) is 0.692. The van der Waals surface area contributed by atoms with Crippen LogP contribution in [0, 0.1) is 0 Å². The van der Waals surface area contributed by atoms with Crippen molar-refractivity contribution in [2.24, 2.45) is 5.73 Å². The van der Waals surface area contributed by atoms with E-state index in [0.29, 0.717) is 6.04 Å². The Kier molecular flexibility index (Phi) is 4.83. The van der Waals surface area contributed by atoms with E-state index in [-0.39, 0.29) is 6.04 Å². The summed E-state index contributed by atoms with van der Waals surface area (Å²) in [5.74, 6) is 0.985. The summed E-state index contributed by atoms with van der Waals surface area (Å²) in [6, 6.07) is 0.708. The van der Waals surface area contributed by atoms with Gasteiger partial charge in [0.15, 0.2) is 5.16 Å². The standard InChI is InChI=1S/C13H22N4S/c1-9(14)7-10-8-15-13(18-2)17-12(10)16-11-5-3-4-6-11/h8-9,11H,3-7,14H2,1-2H3,(H,15,16,17). The summed E-state index contributed by atoms with van der Waals surface area (Å²) < 4.78 is 0. The molecule has 0 saturated heterocycles. The summed E-state index contributed by atoms with van der Waals surface area (Å²) in [6.07, 6.45) is 9.87. The van der Waals surface area contributed by atoms with Crippen molar-refractivity contribution in [2.45, 2.75) is 56.3 Å². The quantitative estimate of drug-likeness (QED) is 0.633. The third-order valence-corrected chi connectivity index (χ3v) is 3.82. The molecule has 2 rings (SSSR count). The van der Waals surface area contributed by atoms with Crippen molar-refractivity contribution in [1.82, 2.24) is 9.97 Å². The molecular weight excluding hydrogens is 244 g/mol. The van der Waals surface area contributed by atoms with Gasteiger partial charge in [0, 0.05) is 23.8 Å². The smallest absolute Gasteiger partial charge is 0.189 e. The van der Waals surface area contributed by atoms with Gasteiger partial charge >= 0.3 is 0 Å².